The number of hydrogen-bond donors (Lipinski definition) is 1. The van der Waals surface area contributed by atoms with Crippen LogP contribution < -0.4 is 5.32 Å². The van der Waals surface area contributed by atoms with Gasteiger partial charge in [0.15, 0.2) is 11.6 Å². The van der Waals surface area contributed by atoms with Crippen LogP contribution in [0.1, 0.15) is 12.0 Å². The third-order valence-electron chi connectivity index (χ3n) is 2.11. The van der Waals surface area contributed by atoms with E-state index in [1.807, 2.05) is 0 Å². The molecule has 0 radical (unpaired) electrons. The minimum Gasteiger partial charge on any atom is -0.382 e. The van der Waals surface area contributed by atoms with Gasteiger partial charge in [0, 0.05) is 6.54 Å². The molecular formula is C9H9F2N. The second-order valence-corrected chi connectivity index (χ2v) is 2.93. The molecule has 1 aromatic rings. The molecule has 2 rings (SSSR count). The van der Waals surface area contributed by atoms with E-state index >= 15 is 0 Å². The number of anilines is 1. The fourth-order valence-electron chi connectivity index (χ4n) is 1.48. The smallest absolute Gasteiger partial charge is 0.182 e. The number of rotatable bonds is 0. The number of nitrogens with one attached hydrogen (secondary N) is 1. The summed E-state index contributed by atoms with van der Waals surface area (Å²) in [5, 5.41) is 2.86. The number of fused-ring (bicyclic) bond motifs is 1. The van der Waals surface area contributed by atoms with Crippen molar-refractivity contribution in [3.8, 4) is 0 Å². The maximum atomic E-state index is 13.0. The van der Waals surface area contributed by atoms with Crippen molar-refractivity contribution >= 4 is 5.69 Å². The Morgan fingerprint density at radius 3 is 2.92 bits per heavy atom. The van der Waals surface area contributed by atoms with Gasteiger partial charge in [0.05, 0.1) is 5.69 Å². The third kappa shape index (κ3) is 1.05. The van der Waals surface area contributed by atoms with E-state index in [-0.39, 0.29) is 0 Å². The van der Waals surface area contributed by atoms with Crippen LogP contribution in [0, 0.1) is 11.6 Å². The monoisotopic (exact) mass is 169 g/mol. The summed E-state index contributed by atoms with van der Waals surface area (Å²) in [6.45, 7) is 0.730. The number of aryl methyl sites for hydroxylation is 1. The van der Waals surface area contributed by atoms with E-state index < -0.39 is 11.6 Å². The molecule has 0 amide bonds. The topological polar surface area (TPSA) is 12.0 Å². The first-order chi connectivity index (χ1) is 5.79. The van der Waals surface area contributed by atoms with Gasteiger partial charge in [0.2, 0.25) is 0 Å². The average molecular weight is 169 g/mol. The summed E-state index contributed by atoms with van der Waals surface area (Å²) in [5.74, 6) is -1.52. The Balaban J connectivity index is 2.54. The van der Waals surface area contributed by atoms with E-state index in [9.17, 15) is 8.78 Å². The number of hydrogen-bond acceptors (Lipinski definition) is 1. The first-order valence-electron chi connectivity index (χ1n) is 4.00. The zero-order valence-corrected chi connectivity index (χ0v) is 6.53. The average Bonchev–Trinajstić information content (AvgIpc) is 2.12. The van der Waals surface area contributed by atoms with Gasteiger partial charge in [0.1, 0.15) is 0 Å². The highest BCUT2D eigenvalue weighted by Crippen LogP contribution is 2.26. The van der Waals surface area contributed by atoms with E-state index in [0.29, 0.717) is 5.69 Å². The molecule has 64 valence electrons. The molecule has 0 spiro atoms. The fourth-order valence-corrected chi connectivity index (χ4v) is 1.48. The molecule has 0 aliphatic carbocycles. The maximum absolute atomic E-state index is 13.0. The molecule has 0 saturated heterocycles. The Morgan fingerprint density at radius 1 is 1.25 bits per heavy atom. The minimum atomic E-state index is -0.775. The van der Waals surface area contributed by atoms with Gasteiger partial charge in [-0.05, 0) is 24.5 Å². The van der Waals surface area contributed by atoms with Crippen molar-refractivity contribution in [1.82, 2.24) is 0 Å². The minimum absolute atomic E-state index is 0.348. The van der Waals surface area contributed by atoms with Gasteiger partial charge in [-0.3, -0.25) is 0 Å². The van der Waals surface area contributed by atoms with E-state index in [2.05, 4.69) is 5.32 Å². The lowest BCUT2D eigenvalue weighted by Gasteiger charge is -2.18. The van der Waals surface area contributed by atoms with Crippen LogP contribution in [0.5, 0.6) is 0 Å². The molecule has 1 aromatic carbocycles. The van der Waals surface area contributed by atoms with Crippen LogP contribution in [0.15, 0.2) is 12.1 Å². The van der Waals surface area contributed by atoms with Crippen LogP contribution in [0.2, 0.25) is 0 Å². The molecule has 0 bridgehead atoms. The van der Waals surface area contributed by atoms with Gasteiger partial charge in [-0.15, -0.1) is 0 Å². The lowest BCUT2D eigenvalue weighted by Crippen LogP contribution is -2.13. The summed E-state index contributed by atoms with van der Waals surface area (Å²) in [4.78, 5) is 0. The molecule has 1 heterocycles. The van der Waals surface area contributed by atoms with Gasteiger partial charge in [-0.1, -0.05) is 6.07 Å². The van der Waals surface area contributed by atoms with E-state index in [4.69, 9.17) is 0 Å². The zero-order valence-electron chi connectivity index (χ0n) is 6.53. The maximum Gasteiger partial charge on any atom is 0.182 e. The Labute approximate surface area is 69.4 Å². The number of halogens is 2. The molecule has 3 heteroatoms. The van der Waals surface area contributed by atoms with Gasteiger partial charge >= 0.3 is 0 Å². The third-order valence-corrected chi connectivity index (χ3v) is 2.11. The normalized spacial score (nSPS) is 15.2. The summed E-state index contributed by atoms with van der Waals surface area (Å²) in [5.41, 5.74) is 1.22. The zero-order chi connectivity index (χ0) is 8.55. The summed E-state index contributed by atoms with van der Waals surface area (Å²) in [6, 6.07) is 2.82. The largest absolute Gasteiger partial charge is 0.382 e. The Morgan fingerprint density at radius 2 is 2.08 bits per heavy atom. The molecule has 12 heavy (non-hydrogen) atoms. The molecule has 0 aromatic heterocycles. The molecule has 1 aliphatic heterocycles. The SMILES string of the molecule is Fc1ccc2c(c1F)NCCC2. The van der Waals surface area contributed by atoms with Crippen LogP contribution >= 0.6 is 0 Å². The predicted molar refractivity (Wildman–Crippen MR) is 43.2 cm³/mol. The highest BCUT2D eigenvalue weighted by atomic mass is 19.2. The quantitative estimate of drug-likeness (QED) is 0.628. The lowest BCUT2D eigenvalue weighted by molar-refractivity contribution is 0.507. The van der Waals surface area contributed by atoms with Crippen LogP contribution in [0.4, 0.5) is 14.5 Å². The van der Waals surface area contributed by atoms with Crippen molar-refractivity contribution in [3.05, 3.63) is 29.3 Å². The standard InChI is InChI=1S/C9H9F2N/c10-7-4-3-6-2-1-5-12-9(6)8(7)11/h3-4,12H,1-2,5H2. The van der Waals surface area contributed by atoms with E-state index in [0.717, 1.165) is 24.9 Å². The second kappa shape index (κ2) is 2.73. The molecule has 0 atom stereocenters. The highest BCUT2D eigenvalue weighted by Gasteiger charge is 2.15. The molecule has 0 unspecified atom stereocenters. The molecular weight excluding hydrogens is 160 g/mol. The molecule has 1 N–H and O–H groups in total. The molecule has 0 saturated carbocycles. The van der Waals surface area contributed by atoms with Crippen LogP contribution in [-0.2, 0) is 6.42 Å². The summed E-state index contributed by atoms with van der Waals surface area (Å²) < 4.78 is 25.7. The van der Waals surface area contributed by atoms with Crippen LogP contribution in [-0.4, -0.2) is 6.54 Å². The predicted octanol–water partition coefficient (Wildman–Crippen LogP) is 2.32. The highest BCUT2D eigenvalue weighted by molar-refractivity contribution is 5.54. The van der Waals surface area contributed by atoms with Crippen molar-refractivity contribution in [1.29, 1.82) is 0 Å². The molecule has 0 fully saturated rings. The Hall–Kier alpha value is -1.12. The number of benzene rings is 1. The Kier molecular flexibility index (Phi) is 1.71. The first kappa shape index (κ1) is 7.53. The fraction of sp³-hybridized carbons (Fsp3) is 0.333. The molecule has 1 nitrogen and oxygen atoms in total. The van der Waals surface area contributed by atoms with Gasteiger partial charge < -0.3 is 5.32 Å². The van der Waals surface area contributed by atoms with Gasteiger partial charge in [0.25, 0.3) is 0 Å². The summed E-state index contributed by atoms with van der Waals surface area (Å²) in [7, 11) is 0. The summed E-state index contributed by atoms with van der Waals surface area (Å²) in [6.07, 6.45) is 1.82. The van der Waals surface area contributed by atoms with E-state index in [1.54, 1.807) is 6.07 Å². The second-order valence-electron chi connectivity index (χ2n) is 2.93. The van der Waals surface area contributed by atoms with Gasteiger partial charge in [-0.25, -0.2) is 8.78 Å². The first-order valence-corrected chi connectivity index (χ1v) is 4.00. The van der Waals surface area contributed by atoms with Crippen molar-refractivity contribution in [3.63, 3.8) is 0 Å². The van der Waals surface area contributed by atoms with Crippen molar-refractivity contribution in [2.45, 2.75) is 12.8 Å². The lowest BCUT2D eigenvalue weighted by atomic mass is 10.0. The summed E-state index contributed by atoms with van der Waals surface area (Å²) >= 11 is 0. The van der Waals surface area contributed by atoms with Crippen LogP contribution in [0.25, 0.3) is 0 Å². The van der Waals surface area contributed by atoms with Gasteiger partial charge in [-0.2, -0.15) is 0 Å². The van der Waals surface area contributed by atoms with Crippen molar-refractivity contribution in [2.75, 3.05) is 11.9 Å². The molecule has 1 aliphatic rings. The van der Waals surface area contributed by atoms with Crippen molar-refractivity contribution < 1.29 is 8.78 Å². The van der Waals surface area contributed by atoms with Crippen LogP contribution in [0.3, 0.4) is 0 Å². The Bertz CT molecular complexity index is 310. The van der Waals surface area contributed by atoms with Crippen molar-refractivity contribution in [2.24, 2.45) is 0 Å². The van der Waals surface area contributed by atoms with E-state index in [1.165, 1.54) is 6.07 Å².